The van der Waals surface area contributed by atoms with E-state index in [1.807, 2.05) is 45.0 Å². The number of nitrogens with zero attached hydrogens (tertiary/aromatic N) is 1. The molecule has 1 aromatic rings. The standard InChI is InChI=1S/C16H24N2O2/c1-11(2)17-16(20)12(3)18-10-6-9-15(19)13-7-4-5-8-14(13)18/h4-5,7-8,11-12,15,19H,6,9-10H2,1-3H3,(H,17,20). The molecule has 2 N–H and O–H groups in total. The molecule has 110 valence electrons. The molecule has 0 aliphatic carbocycles. The summed E-state index contributed by atoms with van der Waals surface area (Å²) in [6, 6.07) is 7.73. The van der Waals surface area contributed by atoms with Gasteiger partial charge >= 0.3 is 0 Å². The van der Waals surface area contributed by atoms with Crippen LogP contribution < -0.4 is 10.2 Å². The first-order valence-corrected chi connectivity index (χ1v) is 7.34. The minimum atomic E-state index is -0.434. The van der Waals surface area contributed by atoms with Crippen LogP contribution in [0.5, 0.6) is 0 Å². The van der Waals surface area contributed by atoms with Crippen LogP contribution in [0.2, 0.25) is 0 Å². The Kier molecular flexibility index (Phi) is 4.65. The van der Waals surface area contributed by atoms with Crippen LogP contribution in [0, 0.1) is 0 Å². The van der Waals surface area contributed by atoms with Crippen LogP contribution in [0.1, 0.15) is 45.3 Å². The third-order valence-electron chi connectivity index (χ3n) is 3.76. The first-order chi connectivity index (χ1) is 9.50. The molecule has 0 saturated carbocycles. The molecule has 0 saturated heterocycles. The number of nitrogens with one attached hydrogen (secondary N) is 1. The molecule has 2 atom stereocenters. The number of aliphatic hydroxyl groups excluding tert-OH is 1. The van der Waals surface area contributed by atoms with Crippen molar-refractivity contribution in [1.29, 1.82) is 0 Å². The van der Waals surface area contributed by atoms with E-state index in [1.54, 1.807) is 0 Å². The molecule has 1 aromatic carbocycles. The Morgan fingerprint density at radius 2 is 2.05 bits per heavy atom. The molecule has 2 rings (SSSR count). The molecular weight excluding hydrogens is 252 g/mol. The summed E-state index contributed by atoms with van der Waals surface area (Å²) >= 11 is 0. The quantitative estimate of drug-likeness (QED) is 0.890. The molecule has 4 heteroatoms. The summed E-state index contributed by atoms with van der Waals surface area (Å²) in [5, 5.41) is 13.2. The van der Waals surface area contributed by atoms with E-state index in [2.05, 4.69) is 10.2 Å². The number of hydrogen-bond acceptors (Lipinski definition) is 3. The number of para-hydroxylation sites is 1. The number of anilines is 1. The maximum atomic E-state index is 12.2. The topological polar surface area (TPSA) is 52.6 Å². The Bertz CT molecular complexity index is 473. The predicted octanol–water partition coefficient (Wildman–Crippen LogP) is 2.23. The lowest BCUT2D eigenvalue weighted by Gasteiger charge is -2.31. The number of rotatable bonds is 3. The van der Waals surface area contributed by atoms with Crippen LogP contribution in [-0.4, -0.2) is 29.6 Å². The van der Waals surface area contributed by atoms with Gasteiger partial charge in [-0.3, -0.25) is 4.79 Å². The van der Waals surface area contributed by atoms with Crippen LogP contribution in [0.4, 0.5) is 5.69 Å². The van der Waals surface area contributed by atoms with E-state index >= 15 is 0 Å². The fourth-order valence-corrected chi connectivity index (χ4v) is 2.71. The van der Waals surface area contributed by atoms with Crippen molar-refractivity contribution in [3.63, 3.8) is 0 Å². The van der Waals surface area contributed by atoms with Gasteiger partial charge in [-0.15, -0.1) is 0 Å². The summed E-state index contributed by atoms with van der Waals surface area (Å²) in [6.45, 7) is 6.64. The van der Waals surface area contributed by atoms with Gasteiger partial charge in [0.1, 0.15) is 6.04 Å². The first-order valence-electron chi connectivity index (χ1n) is 7.34. The Labute approximate surface area is 120 Å². The largest absolute Gasteiger partial charge is 0.388 e. The van der Waals surface area contributed by atoms with Gasteiger partial charge in [0.25, 0.3) is 0 Å². The lowest BCUT2D eigenvalue weighted by atomic mass is 10.0. The third-order valence-corrected chi connectivity index (χ3v) is 3.76. The second kappa shape index (κ2) is 6.27. The molecule has 0 spiro atoms. The molecule has 1 heterocycles. The van der Waals surface area contributed by atoms with Crippen molar-refractivity contribution in [3.8, 4) is 0 Å². The summed E-state index contributed by atoms with van der Waals surface area (Å²) in [4.78, 5) is 14.3. The molecule has 4 nitrogen and oxygen atoms in total. The van der Waals surface area contributed by atoms with Crippen molar-refractivity contribution in [2.45, 2.75) is 51.8 Å². The van der Waals surface area contributed by atoms with Crippen LogP contribution >= 0.6 is 0 Å². The summed E-state index contributed by atoms with van der Waals surface area (Å²) in [6.07, 6.45) is 1.19. The Hall–Kier alpha value is -1.55. The van der Waals surface area contributed by atoms with Gasteiger partial charge in [0.05, 0.1) is 6.10 Å². The number of benzene rings is 1. The van der Waals surface area contributed by atoms with E-state index in [0.717, 1.165) is 30.6 Å². The van der Waals surface area contributed by atoms with E-state index in [0.29, 0.717) is 0 Å². The highest BCUT2D eigenvalue weighted by Gasteiger charge is 2.27. The summed E-state index contributed by atoms with van der Waals surface area (Å²) in [7, 11) is 0. The summed E-state index contributed by atoms with van der Waals surface area (Å²) in [5.41, 5.74) is 1.90. The molecule has 20 heavy (non-hydrogen) atoms. The van der Waals surface area contributed by atoms with Gasteiger partial charge in [-0.25, -0.2) is 0 Å². The number of fused-ring (bicyclic) bond motifs is 1. The van der Waals surface area contributed by atoms with Crippen LogP contribution in [0.15, 0.2) is 24.3 Å². The summed E-state index contributed by atoms with van der Waals surface area (Å²) in [5.74, 6) is 0.0335. The zero-order valence-corrected chi connectivity index (χ0v) is 12.5. The van der Waals surface area contributed by atoms with E-state index < -0.39 is 6.10 Å². The SMILES string of the molecule is CC(C)NC(=O)C(C)N1CCCC(O)c2ccccc21. The van der Waals surface area contributed by atoms with E-state index in [1.165, 1.54) is 0 Å². The van der Waals surface area contributed by atoms with Crippen LogP contribution in [0.25, 0.3) is 0 Å². The van der Waals surface area contributed by atoms with Gasteiger partial charge in [-0.05, 0) is 39.7 Å². The van der Waals surface area contributed by atoms with Gasteiger partial charge in [0.2, 0.25) is 5.91 Å². The maximum absolute atomic E-state index is 12.2. The van der Waals surface area contributed by atoms with E-state index in [9.17, 15) is 9.90 Å². The molecule has 0 bridgehead atoms. The lowest BCUT2D eigenvalue weighted by molar-refractivity contribution is -0.122. The molecule has 0 radical (unpaired) electrons. The normalized spacial score (nSPS) is 20.2. The Balaban J connectivity index is 2.27. The fraction of sp³-hybridized carbons (Fsp3) is 0.562. The van der Waals surface area contributed by atoms with Gasteiger partial charge < -0.3 is 15.3 Å². The molecule has 0 fully saturated rings. The van der Waals surface area contributed by atoms with Crippen LogP contribution in [-0.2, 0) is 4.79 Å². The van der Waals surface area contributed by atoms with Crippen molar-refractivity contribution in [1.82, 2.24) is 5.32 Å². The van der Waals surface area contributed by atoms with Gasteiger partial charge in [0, 0.05) is 23.8 Å². The maximum Gasteiger partial charge on any atom is 0.242 e. The summed E-state index contributed by atoms with van der Waals surface area (Å²) < 4.78 is 0. The highest BCUT2D eigenvalue weighted by Crippen LogP contribution is 2.33. The number of aliphatic hydroxyl groups is 1. The molecule has 2 unspecified atom stereocenters. The number of hydrogen-bond donors (Lipinski definition) is 2. The second-order valence-electron chi connectivity index (χ2n) is 5.75. The minimum Gasteiger partial charge on any atom is -0.388 e. The van der Waals surface area contributed by atoms with Gasteiger partial charge in [-0.1, -0.05) is 18.2 Å². The Morgan fingerprint density at radius 1 is 1.35 bits per heavy atom. The van der Waals surface area contributed by atoms with Crippen molar-refractivity contribution in [3.05, 3.63) is 29.8 Å². The van der Waals surface area contributed by atoms with E-state index in [4.69, 9.17) is 0 Å². The molecule has 1 aliphatic rings. The van der Waals surface area contributed by atoms with Gasteiger partial charge in [0.15, 0.2) is 0 Å². The van der Waals surface area contributed by atoms with Crippen molar-refractivity contribution < 1.29 is 9.90 Å². The fourth-order valence-electron chi connectivity index (χ4n) is 2.71. The van der Waals surface area contributed by atoms with Crippen molar-refractivity contribution in [2.24, 2.45) is 0 Å². The predicted molar refractivity (Wildman–Crippen MR) is 80.7 cm³/mol. The minimum absolute atomic E-state index is 0.0335. The van der Waals surface area contributed by atoms with Crippen molar-refractivity contribution >= 4 is 11.6 Å². The zero-order valence-electron chi connectivity index (χ0n) is 12.5. The average molecular weight is 276 g/mol. The number of amides is 1. The van der Waals surface area contributed by atoms with E-state index in [-0.39, 0.29) is 18.0 Å². The third kappa shape index (κ3) is 3.12. The molecule has 0 aromatic heterocycles. The monoisotopic (exact) mass is 276 g/mol. The average Bonchev–Trinajstić information content (AvgIpc) is 2.57. The highest BCUT2D eigenvalue weighted by atomic mass is 16.3. The smallest absolute Gasteiger partial charge is 0.242 e. The Morgan fingerprint density at radius 3 is 2.75 bits per heavy atom. The number of carbonyl (C=O) groups is 1. The van der Waals surface area contributed by atoms with Crippen LogP contribution in [0.3, 0.4) is 0 Å². The first kappa shape index (κ1) is 14.9. The second-order valence-corrected chi connectivity index (χ2v) is 5.75. The molecular formula is C16H24N2O2. The zero-order chi connectivity index (χ0) is 14.7. The molecule has 1 amide bonds. The number of carbonyl (C=O) groups excluding carboxylic acids is 1. The van der Waals surface area contributed by atoms with Crippen molar-refractivity contribution in [2.75, 3.05) is 11.4 Å². The van der Waals surface area contributed by atoms with Gasteiger partial charge in [-0.2, -0.15) is 0 Å². The molecule has 1 aliphatic heterocycles. The highest BCUT2D eigenvalue weighted by molar-refractivity contribution is 5.85. The lowest BCUT2D eigenvalue weighted by Crippen LogP contribution is -2.47.